The van der Waals surface area contributed by atoms with E-state index in [0.717, 1.165) is 24.0 Å². The second kappa shape index (κ2) is 4.95. The van der Waals surface area contributed by atoms with E-state index in [1.165, 1.54) is 19.3 Å². The van der Waals surface area contributed by atoms with Crippen molar-refractivity contribution in [3.63, 3.8) is 0 Å². The summed E-state index contributed by atoms with van der Waals surface area (Å²) in [5.41, 5.74) is 0. The molecule has 1 saturated carbocycles. The summed E-state index contributed by atoms with van der Waals surface area (Å²) < 4.78 is 0. The number of aromatic nitrogens is 3. The molecule has 0 saturated heterocycles. The van der Waals surface area contributed by atoms with Gasteiger partial charge in [0.2, 0.25) is 0 Å². The van der Waals surface area contributed by atoms with E-state index < -0.39 is 0 Å². The van der Waals surface area contributed by atoms with E-state index in [1.54, 1.807) is 0 Å². The minimum Gasteiger partial charge on any atom is -0.304 e. The van der Waals surface area contributed by atoms with Crippen molar-refractivity contribution in [2.24, 2.45) is 5.92 Å². The van der Waals surface area contributed by atoms with Crippen molar-refractivity contribution in [3.8, 4) is 0 Å². The van der Waals surface area contributed by atoms with Crippen LogP contribution >= 0.6 is 0 Å². The molecular formula is C12H22N4. The van der Waals surface area contributed by atoms with Gasteiger partial charge < -0.3 is 5.32 Å². The van der Waals surface area contributed by atoms with Crippen LogP contribution in [-0.2, 0) is 6.42 Å². The number of rotatable bonds is 6. The summed E-state index contributed by atoms with van der Waals surface area (Å²) in [7, 11) is 0. The van der Waals surface area contributed by atoms with Gasteiger partial charge in [0.15, 0.2) is 5.82 Å². The molecule has 1 aromatic heterocycles. The number of nitrogens with zero attached hydrogens (tertiary/aromatic N) is 2. The van der Waals surface area contributed by atoms with Crippen LogP contribution in [0.4, 0.5) is 0 Å². The van der Waals surface area contributed by atoms with Crippen molar-refractivity contribution in [2.45, 2.75) is 58.5 Å². The van der Waals surface area contributed by atoms with Gasteiger partial charge in [0, 0.05) is 12.5 Å². The summed E-state index contributed by atoms with van der Waals surface area (Å²) >= 11 is 0. The number of hydrogen-bond acceptors (Lipinski definition) is 3. The maximum absolute atomic E-state index is 4.47. The van der Waals surface area contributed by atoms with Gasteiger partial charge in [-0.2, -0.15) is 5.10 Å². The van der Waals surface area contributed by atoms with E-state index in [9.17, 15) is 0 Å². The normalized spacial score (nSPS) is 19.7. The van der Waals surface area contributed by atoms with Crippen LogP contribution in [0.2, 0.25) is 0 Å². The zero-order valence-corrected chi connectivity index (χ0v) is 10.5. The zero-order chi connectivity index (χ0) is 11.5. The fourth-order valence-corrected chi connectivity index (χ4v) is 2.14. The first-order valence-electron chi connectivity index (χ1n) is 6.41. The van der Waals surface area contributed by atoms with Gasteiger partial charge in [-0.15, -0.1) is 0 Å². The van der Waals surface area contributed by atoms with Crippen molar-refractivity contribution < 1.29 is 0 Å². The predicted octanol–water partition coefficient (Wildman–Crippen LogP) is 2.21. The molecule has 0 radical (unpaired) electrons. The third-order valence-electron chi connectivity index (χ3n) is 3.37. The highest BCUT2D eigenvalue weighted by Crippen LogP contribution is 2.34. The molecule has 1 aromatic rings. The molecule has 2 unspecified atom stereocenters. The predicted molar refractivity (Wildman–Crippen MR) is 64.1 cm³/mol. The lowest BCUT2D eigenvalue weighted by Gasteiger charge is -2.19. The van der Waals surface area contributed by atoms with Gasteiger partial charge in [-0.05, 0) is 32.1 Å². The van der Waals surface area contributed by atoms with Crippen LogP contribution < -0.4 is 5.32 Å². The third kappa shape index (κ3) is 2.61. The van der Waals surface area contributed by atoms with Gasteiger partial charge in [-0.3, -0.25) is 5.10 Å². The van der Waals surface area contributed by atoms with Gasteiger partial charge in [0.1, 0.15) is 5.82 Å². The Morgan fingerprint density at radius 1 is 1.44 bits per heavy atom. The molecule has 0 spiro atoms. The van der Waals surface area contributed by atoms with Crippen LogP contribution in [0, 0.1) is 5.92 Å². The molecule has 4 heteroatoms. The number of nitrogens with one attached hydrogen (secondary N) is 2. The van der Waals surface area contributed by atoms with E-state index in [1.807, 2.05) is 0 Å². The van der Waals surface area contributed by atoms with Crippen LogP contribution in [-0.4, -0.2) is 21.2 Å². The van der Waals surface area contributed by atoms with Gasteiger partial charge >= 0.3 is 0 Å². The molecule has 16 heavy (non-hydrogen) atoms. The first-order valence-corrected chi connectivity index (χ1v) is 6.41. The quantitative estimate of drug-likeness (QED) is 0.776. The second-order valence-corrected chi connectivity index (χ2v) is 4.73. The molecule has 1 fully saturated rings. The second-order valence-electron chi connectivity index (χ2n) is 4.73. The fraction of sp³-hybridized carbons (Fsp3) is 0.833. The molecule has 0 bridgehead atoms. The molecular weight excluding hydrogens is 200 g/mol. The van der Waals surface area contributed by atoms with Crippen molar-refractivity contribution in [3.05, 3.63) is 11.6 Å². The Balaban J connectivity index is 1.92. The lowest BCUT2D eigenvalue weighted by molar-refractivity contribution is 0.396. The summed E-state index contributed by atoms with van der Waals surface area (Å²) in [6, 6.07) is 0.890. The molecule has 2 N–H and O–H groups in total. The highest BCUT2D eigenvalue weighted by Gasteiger charge is 2.31. The smallest absolute Gasteiger partial charge is 0.167 e. The Morgan fingerprint density at radius 2 is 2.19 bits per heavy atom. The fourth-order valence-electron chi connectivity index (χ4n) is 2.14. The Bertz CT molecular complexity index is 330. The zero-order valence-electron chi connectivity index (χ0n) is 10.5. The number of aryl methyl sites for hydroxylation is 1. The lowest BCUT2D eigenvalue weighted by Crippen LogP contribution is -2.33. The molecule has 4 nitrogen and oxygen atoms in total. The molecule has 0 aromatic carbocycles. The Labute approximate surface area is 97.2 Å². The monoisotopic (exact) mass is 222 g/mol. The van der Waals surface area contributed by atoms with Gasteiger partial charge in [0.05, 0.1) is 6.04 Å². The topological polar surface area (TPSA) is 53.6 Å². The van der Waals surface area contributed by atoms with Gasteiger partial charge in [-0.1, -0.05) is 13.8 Å². The maximum Gasteiger partial charge on any atom is 0.167 e. The highest BCUT2D eigenvalue weighted by atomic mass is 15.2. The SMILES string of the molecule is CCc1nc(C(C)NC(CC)C2CC2)n[nH]1. The van der Waals surface area contributed by atoms with E-state index in [0.29, 0.717) is 6.04 Å². The van der Waals surface area contributed by atoms with Crippen LogP contribution in [0.25, 0.3) is 0 Å². The molecule has 1 aliphatic carbocycles. The van der Waals surface area contributed by atoms with Crippen LogP contribution in [0.3, 0.4) is 0 Å². The van der Waals surface area contributed by atoms with Crippen molar-refractivity contribution >= 4 is 0 Å². The van der Waals surface area contributed by atoms with E-state index in [4.69, 9.17) is 0 Å². The molecule has 90 valence electrons. The van der Waals surface area contributed by atoms with Gasteiger partial charge in [-0.25, -0.2) is 4.98 Å². The molecule has 1 aliphatic rings. The van der Waals surface area contributed by atoms with E-state index in [-0.39, 0.29) is 6.04 Å². The Hall–Kier alpha value is -0.900. The summed E-state index contributed by atoms with van der Waals surface area (Å²) in [4.78, 5) is 4.47. The standard InChI is InChI=1S/C12H22N4/c1-4-10(9-6-7-9)13-8(3)12-14-11(5-2)15-16-12/h8-10,13H,4-7H2,1-3H3,(H,14,15,16). The van der Waals surface area contributed by atoms with Gasteiger partial charge in [0.25, 0.3) is 0 Å². The first kappa shape index (κ1) is 11.6. The minimum absolute atomic E-state index is 0.252. The van der Waals surface area contributed by atoms with E-state index >= 15 is 0 Å². The van der Waals surface area contributed by atoms with E-state index in [2.05, 4.69) is 41.3 Å². The minimum atomic E-state index is 0.252. The van der Waals surface area contributed by atoms with Crippen molar-refractivity contribution in [2.75, 3.05) is 0 Å². The van der Waals surface area contributed by atoms with Crippen LogP contribution in [0.15, 0.2) is 0 Å². The number of aromatic amines is 1. The van der Waals surface area contributed by atoms with Crippen molar-refractivity contribution in [1.82, 2.24) is 20.5 Å². The molecule has 2 atom stereocenters. The highest BCUT2D eigenvalue weighted by molar-refractivity contribution is 4.97. The molecule has 2 rings (SSSR count). The number of hydrogen-bond donors (Lipinski definition) is 2. The summed E-state index contributed by atoms with van der Waals surface area (Å²) in [5, 5.41) is 10.9. The average Bonchev–Trinajstić information content (AvgIpc) is 3.02. The van der Waals surface area contributed by atoms with Crippen LogP contribution in [0.5, 0.6) is 0 Å². The lowest BCUT2D eigenvalue weighted by atomic mass is 10.1. The Morgan fingerprint density at radius 3 is 2.69 bits per heavy atom. The molecule has 0 aliphatic heterocycles. The third-order valence-corrected chi connectivity index (χ3v) is 3.37. The molecule has 1 heterocycles. The van der Waals surface area contributed by atoms with Crippen LogP contribution in [0.1, 0.15) is 57.7 Å². The average molecular weight is 222 g/mol. The maximum atomic E-state index is 4.47. The first-order chi connectivity index (χ1) is 7.74. The largest absolute Gasteiger partial charge is 0.304 e. The summed E-state index contributed by atoms with van der Waals surface area (Å²) in [6.45, 7) is 6.48. The Kier molecular flexibility index (Phi) is 3.59. The number of H-pyrrole nitrogens is 1. The summed E-state index contributed by atoms with van der Waals surface area (Å²) in [5.74, 6) is 2.76. The van der Waals surface area contributed by atoms with Crippen molar-refractivity contribution in [1.29, 1.82) is 0 Å². The molecule has 0 amide bonds. The summed E-state index contributed by atoms with van der Waals surface area (Å²) in [6.07, 6.45) is 4.87.